The van der Waals surface area contributed by atoms with E-state index in [1.165, 1.54) is 6.08 Å². The Kier molecular flexibility index (Phi) is 4.44. The first-order chi connectivity index (χ1) is 12.1. The van der Waals surface area contributed by atoms with Gasteiger partial charge in [-0.2, -0.15) is 10.4 Å². The Morgan fingerprint density at radius 3 is 2.60 bits per heavy atom. The van der Waals surface area contributed by atoms with Crippen LogP contribution in [0.3, 0.4) is 0 Å². The summed E-state index contributed by atoms with van der Waals surface area (Å²) < 4.78 is 1.72. The Hall–Kier alpha value is -3.65. The summed E-state index contributed by atoms with van der Waals surface area (Å²) in [6.07, 6.45) is 3.26. The minimum absolute atomic E-state index is 0.110. The summed E-state index contributed by atoms with van der Waals surface area (Å²) in [6, 6.07) is 19.4. The molecule has 0 radical (unpaired) electrons. The first-order valence-corrected chi connectivity index (χ1v) is 7.72. The predicted octanol–water partition coefficient (Wildman–Crippen LogP) is 3.24. The lowest BCUT2D eigenvalue weighted by Gasteiger charge is -2.01. The third kappa shape index (κ3) is 3.48. The summed E-state index contributed by atoms with van der Waals surface area (Å²) in [5.41, 5.74) is 9.38. The highest BCUT2D eigenvalue weighted by molar-refractivity contribution is 6.01. The molecular weight excluding hydrogens is 312 g/mol. The molecule has 2 N–H and O–H groups in total. The van der Waals surface area contributed by atoms with Crippen LogP contribution in [0, 0.1) is 18.3 Å². The van der Waals surface area contributed by atoms with Crippen molar-refractivity contribution in [3.05, 3.63) is 77.5 Å². The van der Waals surface area contributed by atoms with Crippen LogP contribution in [0.4, 0.5) is 0 Å². The lowest BCUT2D eigenvalue weighted by atomic mass is 10.0. The molecule has 122 valence electrons. The molecule has 5 heteroatoms. The lowest BCUT2D eigenvalue weighted by molar-refractivity contribution is -0.114. The van der Waals surface area contributed by atoms with Crippen molar-refractivity contribution >= 4 is 12.0 Å². The van der Waals surface area contributed by atoms with Crippen molar-refractivity contribution in [3.63, 3.8) is 0 Å². The quantitative estimate of drug-likeness (QED) is 0.589. The van der Waals surface area contributed by atoms with Crippen LogP contribution in [0.25, 0.3) is 23.0 Å². The molecule has 0 bridgehead atoms. The Morgan fingerprint density at radius 1 is 1.20 bits per heavy atom. The zero-order valence-electron chi connectivity index (χ0n) is 13.7. The molecule has 0 spiro atoms. The second-order valence-electron chi connectivity index (χ2n) is 5.62. The van der Waals surface area contributed by atoms with Gasteiger partial charge in [0.05, 0.1) is 5.69 Å². The molecule has 3 aromatic rings. The van der Waals surface area contributed by atoms with Crippen molar-refractivity contribution in [1.29, 1.82) is 5.26 Å². The predicted molar refractivity (Wildman–Crippen MR) is 96.5 cm³/mol. The maximum atomic E-state index is 11.4. The lowest BCUT2D eigenvalue weighted by Crippen LogP contribution is -2.12. The van der Waals surface area contributed by atoms with Gasteiger partial charge in [0, 0.05) is 17.3 Å². The molecule has 3 rings (SSSR count). The van der Waals surface area contributed by atoms with Crippen LogP contribution in [0.15, 0.2) is 66.4 Å². The summed E-state index contributed by atoms with van der Waals surface area (Å²) in [4.78, 5) is 11.4. The number of benzene rings is 2. The number of amides is 1. The maximum Gasteiger partial charge on any atom is 0.259 e. The summed E-state index contributed by atoms with van der Waals surface area (Å²) in [7, 11) is 0. The second kappa shape index (κ2) is 6.85. The monoisotopic (exact) mass is 328 g/mol. The van der Waals surface area contributed by atoms with E-state index in [-0.39, 0.29) is 5.57 Å². The number of para-hydroxylation sites is 1. The molecule has 1 aromatic heterocycles. The number of rotatable bonds is 4. The van der Waals surface area contributed by atoms with Gasteiger partial charge in [-0.25, -0.2) is 4.68 Å². The number of hydrogen-bond acceptors (Lipinski definition) is 3. The molecule has 0 saturated heterocycles. The van der Waals surface area contributed by atoms with E-state index < -0.39 is 5.91 Å². The number of hydrogen-bond donors (Lipinski definition) is 1. The standard InChI is InChI=1S/C20H16N4O/c1-14-6-5-7-15(10-14)19-17(11-16(12-21)20(22)25)13-24(23-19)18-8-3-2-4-9-18/h2-11,13H,1H3,(H2,22,25)/b16-11+. The summed E-state index contributed by atoms with van der Waals surface area (Å²) in [5.74, 6) is -0.759. The van der Waals surface area contributed by atoms with Gasteiger partial charge < -0.3 is 5.73 Å². The van der Waals surface area contributed by atoms with Crippen molar-refractivity contribution < 1.29 is 4.79 Å². The fraction of sp³-hybridized carbons (Fsp3) is 0.0500. The Labute approximate surface area is 145 Å². The van der Waals surface area contributed by atoms with Gasteiger partial charge >= 0.3 is 0 Å². The van der Waals surface area contributed by atoms with Crippen LogP contribution < -0.4 is 5.73 Å². The molecular formula is C20H16N4O. The fourth-order valence-corrected chi connectivity index (χ4v) is 2.54. The van der Waals surface area contributed by atoms with Crippen LogP contribution >= 0.6 is 0 Å². The topological polar surface area (TPSA) is 84.7 Å². The highest BCUT2D eigenvalue weighted by Gasteiger charge is 2.13. The zero-order valence-corrected chi connectivity index (χ0v) is 13.7. The van der Waals surface area contributed by atoms with Crippen LogP contribution in [-0.2, 0) is 4.79 Å². The third-order valence-electron chi connectivity index (χ3n) is 3.74. The van der Waals surface area contributed by atoms with E-state index in [0.29, 0.717) is 11.3 Å². The van der Waals surface area contributed by atoms with Crippen molar-refractivity contribution in [2.45, 2.75) is 6.92 Å². The highest BCUT2D eigenvalue weighted by atomic mass is 16.1. The van der Waals surface area contributed by atoms with E-state index in [1.54, 1.807) is 10.9 Å². The zero-order chi connectivity index (χ0) is 17.8. The number of nitrogens with zero attached hydrogens (tertiary/aromatic N) is 3. The SMILES string of the molecule is Cc1cccc(-c2nn(-c3ccccc3)cc2/C=C(\C#N)C(N)=O)c1. The summed E-state index contributed by atoms with van der Waals surface area (Å²) in [6.45, 7) is 2.00. The maximum absolute atomic E-state index is 11.4. The number of carbonyl (C=O) groups is 1. The van der Waals surface area contributed by atoms with Crippen molar-refractivity contribution in [2.75, 3.05) is 0 Å². The number of aromatic nitrogens is 2. The normalized spacial score (nSPS) is 11.1. The third-order valence-corrected chi connectivity index (χ3v) is 3.74. The van der Waals surface area contributed by atoms with Gasteiger partial charge in [0.2, 0.25) is 0 Å². The molecule has 2 aromatic carbocycles. The molecule has 0 fully saturated rings. The first-order valence-electron chi connectivity index (χ1n) is 7.72. The number of carbonyl (C=O) groups excluding carboxylic acids is 1. The van der Waals surface area contributed by atoms with Crippen LogP contribution in [0.5, 0.6) is 0 Å². The summed E-state index contributed by atoms with van der Waals surface area (Å²) >= 11 is 0. The minimum Gasteiger partial charge on any atom is -0.365 e. The number of primary amides is 1. The minimum atomic E-state index is -0.759. The Bertz CT molecular complexity index is 994. The molecule has 0 aliphatic carbocycles. The molecule has 5 nitrogen and oxygen atoms in total. The smallest absolute Gasteiger partial charge is 0.259 e. The van der Waals surface area contributed by atoms with Crippen molar-refractivity contribution in [1.82, 2.24) is 9.78 Å². The molecule has 0 atom stereocenters. The van der Waals surface area contributed by atoms with Gasteiger partial charge in [-0.1, -0.05) is 42.0 Å². The first kappa shape index (κ1) is 16.2. The molecule has 0 aliphatic rings. The average Bonchev–Trinajstić information content (AvgIpc) is 3.04. The van der Waals surface area contributed by atoms with Gasteiger partial charge in [-0.15, -0.1) is 0 Å². The van der Waals surface area contributed by atoms with E-state index in [9.17, 15) is 4.79 Å². The molecule has 25 heavy (non-hydrogen) atoms. The molecule has 1 heterocycles. The number of nitrogens with two attached hydrogens (primary N) is 1. The Balaban J connectivity index is 2.20. The van der Waals surface area contributed by atoms with Crippen LogP contribution in [0.1, 0.15) is 11.1 Å². The molecule has 0 saturated carbocycles. The van der Waals surface area contributed by atoms with Crippen molar-refractivity contribution in [3.8, 4) is 23.0 Å². The largest absolute Gasteiger partial charge is 0.365 e. The van der Waals surface area contributed by atoms with Crippen molar-refractivity contribution in [2.24, 2.45) is 5.73 Å². The van der Waals surface area contributed by atoms with E-state index in [1.807, 2.05) is 67.6 Å². The van der Waals surface area contributed by atoms with Gasteiger partial charge in [0.25, 0.3) is 5.91 Å². The van der Waals surface area contributed by atoms with Crippen LogP contribution in [-0.4, -0.2) is 15.7 Å². The highest BCUT2D eigenvalue weighted by Crippen LogP contribution is 2.26. The molecule has 0 unspecified atom stereocenters. The van der Waals surface area contributed by atoms with E-state index in [0.717, 1.165) is 16.8 Å². The van der Waals surface area contributed by atoms with Gasteiger partial charge in [0.15, 0.2) is 0 Å². The fourth-order valence-electron chi connectivity index (χ4n) is 2.54. The molecule has 1 amide bonds. The average molecular weight is 328 g/mol. The van der Waals surface area contributed by atoms with E-state index >= 15 is 0 Å². The van der Waals surface area contributed by atoms with Crippen LogP contribution in [0.2, 0.25) is 0 Å². The van der Waals surface area contributed by atoms with Gasteiger partial charge in [0.1, 0.15) is 17.3 Å². The van der Waals surface area contributed by atoms with E-state index in [4.69, 9.17) is 11.0 Å². The Morgan fingerprint density at radius 2 is 1.96 bits per heavy atom. The molecule has 0 aliphatic heterocycles. The number of aryl methyl sites for hydroxylation is 1. The van der Waals surface area contributed by atoms with E-state index in [2.05, 4.69) is 5.10 Å². The summed E-state index contributed by atoms with van der Waals surface area (Å²) in [5, 5.41) is 13.8. The number of nitriles is 1. The van der Waals surface area contributed by atoms with Gasteiger partial charge in [-0.05, 0) is 31.2 Å². The van der Waals surface area contributed by atoms with Gasteiger partial charge in [-0.3, -0.25) is 4.79 Å². The second-order valence-corrected chi connectivity index (χ2v) is 5.62.